The van der Waals surface area contributed by atoms with Gasteiger partial charge >= 0.3 is 0 Å². The number of hydrogen-bond acceptors (Lipinski definition) is 2. The van der Waals surface area contributed by atoms with Crippen LogP contribution in [-0.2, 0) is 0 Å². The molecular weight excluding hydrogens is 424 g/mol. The van der Waals surface area contributed by atoms with Crippen molar-refractivity contribution in [2.75, 3.05) is 7.11 Å². The van der Waals surface area contributed by atoms with Crippen LogP contribution in [0.3, 0.4) is 0 Å². The molecular formula is C14H12BrFINO. The Kier molecular flexibility index (Phi) is 4.81. The lowest BCUT2D eigenvalue weighted by Crippen LogP contribution is -2.14. The highest BCUT2D eigenvalue weighted by molar-refractivity contribution is 14.1. The molecule has 0 aliphatic carbocycles. The summed E-state index contributed by atoms with van der Waals surface area (Å²) in [6.07, 6.45) is 0. The standard InChI is InChI=1S/C14H12BrFINO/c1-19-9-3-4-10(13(16)7-9)14(18)11-6-8(17)2-5-12(11)15/h2-7,14H,18H2,1H3. The van der Waals surface area contributed by atoms with Crippen molar-refractivity contribution in [2.45, 2.75) is 6.04 Å². The third-order valence-electron chi connectivity index (χ3n) is 2.84. The minimum Gasteiger partial charge on any atom is -0.497 e. The maximum Gasteiger partial charge on any atom is 0.132 e. The van der Waals surface area contributed by atoms with Gasteiger partial charge in [0.2, 0.25) is 0 Å². The van der Waals surface area contributed by atoms with Gasteiger partial charge in [-0.05, 0) is 52.4 Å². The largest absolute Gasteiger partial charge is 0.497 e. The van der Waals surface area contributed by atoms with E-state index >= 15 is 0 Å². The fraction of sp³-hybridized carbons (Fsp3) is 0.143. The molecule has 0 heterocycles. The second kappa shape index (κ2) is 6.19. The smallest absolute Gasteiger partial charge is 0.132 e. The van der Waals surface area contributed by atoms with Crippen molar-refractivity contribution in [1.29, 1.82) is 0 Å². The van der Waals surface area contributed by atoms with E-state index in [2.05, 4.69) is 38.5 Å². The molecule has 0 aliphatic rings. The van der Waals surface area contributed by atoms with E-state index in [1.54, 1.807) is 12.1 Å². The van der Waals surface area contributed by atoms with Gasteiger partial charge in [-0.25, -0.2) is 4.39 Å². The first-order chi connectivity index (χ1) is 9.02. The molecule has 2 N–H and O–H groups in total. The van der Waals surface area contributed by atoms with E-state index in [9.17, 15) is 4.39 Å². The topological polar surface area (TPSA) is 35.2 Å². The van der Waals surface area contributed by atoms with Crippen LogP contribution in [0.1, 0.15) is 17.2 Å². The molecule has 2 rings (SSSR count). The van der Waals surface area contributed by atoms with Crippen molar-refractivity contribution < 1.29 is 9.13 Å². The quantitative estimate of drug-likeness (QED) is 0.731. The third-order valence-corrected chi connectivity index (χ3v) is 4.23. The first kappa shape index (κ1) is 14.7. The van der Waals surface area contributed by atoms with E-state index < -0.39 is 6.04 Å². The summed E-state index contributed by atoms with van der Waals surface area (Å²) in [5, 5.41) is 0. The van der Waals surface area contributed by atoms with Crippen LogP contribution in [-0.4, -0.2) is 7.11 Å². The van der Waals surface area contributed by atoms with Crippen molar-refractivity contribution in [3.05, 3.63) is 61.4 Å². The van der Waals surface area contributed by atoms with Gasteiger partial charge in [0.25, 0.3) is 0 Å². The van der Waals surface area contributed by atoms with Crippen LogP contribution in [0, 0.1) is 9.39 Å². The van der Waals surface area contributed by atoms with Crippen molar-refractivity contribution in [3.8, 4) is 5.75 Å². The molecule has 2 aromatic rings. The van der Waals surface area contributed by atoms with Crippen LogP contribution in [0.5, 0.6) is 5.75 Å². The van der Waals surface area contributed by atoms with E-state index in [4.69, 9.17) is 10.5 Å². The average molecular weight is 436 g/mol. The van der Waals surface area contributed by atoms with Crippen LogP contribution < -0.4 is 10.5 Å². The molecule has 2 nitrogen and oxygen atoms in total. The maximum absolute atomic E-state index is 14.0. The molecule has 0 aliphatic heterocycles. The van der Waals surface area contributed by atoms with E-state index in [0.717, 1.165) is 13.6 Å². The number of benzene rings is 2. The predicted octanol–water partition coefficient (Wildman–Crippen LogP) is 4.25. The predicted molar refractivity (Wildman–Crippen MR) is 85.8 cm³/mol. The van der Waals surface area contributed by atoms with E-state index in [1.807, 2.05) is 18.2 Å². The summed E-state index contributed by atoms with van der Waals surface area (Å²) < 4.78 is 20.9. The molecule has 0 saturated heterocycles. The highest BCUT2D eigenvalue weighted by Gasteiger charge is 2.17. The molecule has 0 amide bonds. The zero-order chi connectivity index (χ0) is 14.0. The summed E-state index contributed by atoms with van der Waals surface area (Å²) in [4.78, 5) is 0. The van der Waals surface area contributed by atoms with Crippen LogP contribution >= 0.6 is 38.5 Å². The lowest BCUT2D eigenvalue weighted by Gasteiger charge is -2.16. The molecule has 5 heteroatoms. The highest BCUT2D eigenvalue weighted by atomic mass is 127. The van der Waals surface area contributed by atoms with Crippen LogP contribution in [0.4, 0.5) is 4.39 Å². The normalized spacial score (nSPS) is 12.3. The number of methoxy groups -OCH3 is 1. The van der Waals surface area contributed by atoms with Crippen LogP contribution in [0.25, 0.3) is 0 Å². The summed E-state index contributed by atoms with van der Waals surface area (Å²) >= 11 is 5.66. The van der Waals surface area contributed by atoms with Gasteiger partial charge in [0.05, 0.1) is 13.2 Å². The Bertz CT molecular complexity index is 606. The lowest BCUT2D eigenvalue weighted by molar-refractivity contribution is 0.410. The second-order valence-corrected chi connectivity index (χ2v) is 6.13. The molecule has 1 unspecified atom stereocenters. The molecule has 1 atom stereocenters. The minimum atomic E-state index is -0.519. The molecule has 0 radical (unpaired) electrons. The number of hydrogen-bond donors (Lipinski definition) is 1. The SMILES string of the molecule is COc1ccc(C(N)c2cc(I)ccc2Br)c(F)c1. The van der Waals surface area contributed by atoms with Gasteiger partial charge in [-0.1, -0.05) is 22.0 Å². The van der Waals surface area contributed by atoms with Crippen molar-refractivity contribution in [2.24, 2.45) is 5.73 Å². The van der Waals surface area contributed by atoms with Crippen molar-refractivity contribution in [1.82, 2.24) is 0 Å². The molecule has 2 aromatic carbocycles. The van der Waals surface area contributed by atoms with E-state index in [-0.39, 0.29) is 5.82 Å². The molecule has 0 bridgehead atoms. The van der Waals surface area contributed by atoms with Crippen molar-refractivity contribution in [3.63, 3.8) is 0 Å². The highest BCUT2D eigenvalue weighted by Crippen LogP contribution is 2.30. The maximum atomic E-state index is 14.0. The van der Waals surface area contributed by atoms with Gasteiger partial charge in [0.15, 0.2) is 0 Å². The zero-order valence-electron chi connectivity index (χ0n) is 10.2. The summed E-state index contributed by atoms with van der Waals surface area (Å²) in [7, 11) is 1.50. The fourth-order valence-electron chi connectivity index (χ4n) is 1.81. The van der Waals surface area contributed by atoms with Gasteiger partial charge in [0.1, 0.15) is 11.6 Å². The third kappa shape index (κ3) is 3.27. The molecule has 0 spiro atoms. The van der Waals surface area contributed by atoms with Gasteiger partial charge in [-0.3, -0.25) is 0 Å². The van der Waals surface area contributed by atoms with Crippen LogP contribution in [0.15, 0.2) is 40.9 Å². The second-order valence-electron chi connectivity index (χ2n) is 4.03. The molecule has 0 fully saturated rings. The molecule has 100 valence electrons. The van der Waals surface area contributed by atoms with E-state index in [1.165, 1.54) is 13.2 Å². The van der Waals surface area contributed by atoms with Crippen molar-refractivity contribution >= 4 is 38.5 Å². The average Bonchev–Trinajstić information content (AvgIpc) is 2.40. The first-order valence-corrected chi connectivity index (χ1v) is 7.44. The lowest BCUT2D eigenvalue weighted by atomic mass is 9.99. The Morgan fingerprint density at radius 3 is 2.58 bits per heavy atom. The minimum absolute atomic E-state index is 0.363. The zero-order valence-corrected chi connectivity index (χ0v) is 13.9. The number of halogens is 3. The molecule has 19 heavy (non-hydrogen) atoms. The van der Waals surface area contributed by atoms with Gasteiger partial charge in [-0.2, -0.15) is 0 Å². The van der Waals surface area contributed by atoms with Gasteiger partial charge < -0.3 is 10.5 Å². The Hall–Kier alpha value is -0.660. The molecule has 0 saturated carbocycles. The molecule has 0 aromatic heterocycles. The summed E-state index contributed by atoms with van der Waals surface area (Å²) in [5.41, 5.74) is 7.47. The Labute approximate surface area is 133 Å². The number of nitrogens with two attached hydrogens (primary N) is 1. The monoisotopic (exact) mass is 435 g/mol. The van der Waals surface area contributed by atoms with Gasteiger partial charge in [-0.15, -0.1) is 0 Å². The Balaban J connectivity index is 2.43. The summed E-state index contributed by atoms with van der Waals surface area (Å²) in [6.45, 7) is 0. The Morgan fingerprint density at radius 2 is 1.95 bits per heavy atom. The Morgan fingerprint density at radius 1 is 1.21 bits per heavy atom. The first-order valence-electron chi connectivity index (χ1n) is 5.57. The van der Waals surface area contributed by atoms with Crippen LogP contribution in [0.2, 0.25) is 0 Å². The van der Waals surface area contributed by atoms with E-state index in [0.29, 0.717) is 11.3 Å². The summed E-state index contributed by atoms with van der Waals surface area (Å²) in [6, 6.07) is 10.0. The summed E-state index contributed by atoms with van der Waals surface area (Å²) in [5.74, 6) is 0.118. The number of rotatable bonds is 3. The van der Waals surface area contributed by atoms with Gasteiger partial charge in [0, 0.05) is 19.7 Å². The number of ether oxygens (including phenoxy) is 1. The fourth-order valence-corrected chi connectivity index (χ4v) is 2.82.